The van der Waals surface area contributed by atoms with Crippen LogP contribution in [0.2, 0.25) is 5.02 Å². The Labute approximate surface area is 247 Å². The Morgan fingerprint density at radius 1 is 1.10 bits per heavy atom. The lowest BCUT2D eigenvalue weighted by Gasteiger charge is -2.41. The lowest BCUT2D eigenvalue weighted by Crippen LogP contribution is -2.50. The SMILES string of the molecule is Nc1ccc(Cn2cnc3ccc(Sc4cnc(N5CCC6(CC5)CO[C@@H](I)[C@H]6N)cn4)c(Cl)c3c2=O)cn1. The standard InChI is InChI=1S/C26H26ClIN8O2S/c27-22-17(3-2-16-21(22)25(37)36(14-34-16)12-15-1-4-18(29)31-9-15)39-20-11-32-19(10-33-20)35-7-5-26(6-8-35)13-38-24(28)23(26)30/h1-4,9-11,14,23-24H,5-8,12-13,30H2,(H2,29,31)/t23-,24-/m1/s1. The number of nitrogen functional groups attached to an aromatic ring is 1. The normalized spacial score (nSPS) is 20.6. The van der Waals surface area contributed by atoms with E-state index in [1.165, 1.54) is 22.7 Å². The zero-order valence-corrected chi connectivity index (χ0v) is 24.6. The van der Waals surface area contributed by atoms with Crippen LogP contribution in [0.25, 0.3) is 10.9 Å². The highest BCUT2D eigenvalue weighted by Gasteiger charge is 2.48. The van der Waals surface area contributed by atoms with Gasteiger partial charge in [0.25, 0.3) is 5.56 Å². The molecule has 0 aliphatic carbocycles. The highest BCUT2D eigenvalue weighted by Crippen LogP contribution is 2.43. The Kier molecular flexibility index (Phi) is 7.39. The summed E-state index contributed by atoms with van der Waals surface area (Å²) in [4.78, 5) is 34.1. The Morgan fingerprint density at radius 3 is 2.59 bits per heavy atom. The number of fused-ring (bicyclic) bond motifs is 1. The Hall–Kier alpha value is -2.52. The summed E-state index contributed by atoms with van der Waals surface area (Å²) in [7, 11) is 0. The first-order valence-corrected chi connectivity index (χ1v) is 14.9. The molecule has 10 nitrogen and oxygen atoms in total. The van der Waals surface area contributed by atoms with Gasteiger partial charge in [0, 0.05) is 35.6 Å². The number of nitrogens with zero attached hydrogens (tertiary/aromatic N) is 6. The van der Waals surface area contributed by atoms with Gasteiger partial charge in [-0.3, -0.25) is 9.36 Å². The Bertz CT molecular complexity index is 1560. The number of ether oxygens (including phenoxy) is 1. The van der Waals surface area contributed by atoms with Crippen molar-refractivity contribution >= 4 is 68.5 Å². The molecule has 5 heterocycles. The summed E-state index contributed by atoms with van der Waals surface area (Å²) in [5.74, 6) is 1.26. The third kappa shape index (κ3) is 5.20. The highest BCUT2D eigenvalue weighted by atomic mass is 127. The molecule has 4 N–H and O–H groups in total. The molecule has 0 bridgehead atoms. The van der Waals surface area contributed by atoms with Crippen LogP contribution in [0.1, 0.15) is 18.4 Å². The maximum atomic E-state index is 13.3. The number of hydrogen-bond donors (Lipinski definition) is 2. The predicted octanol–water partition coefficient (Wildman–Crippen LogP) is 3.72. The Balaban J connectivity index is 1.18. The number of anilines is 2. The number of halogens is 2. The van der Waals surface area contributed by atoms with Crippen LogP contribution in [-0.4, -0.2) is 54.4 Å². The second kappa shape index (κ2) is 10.8. The van der Waals surface area contributed by atoms with Crippen LogP contribution in [0.5, 0.6) is 0 Å². The number of hydrogen-bond acceptors (Lipinski definition) is 10. The van der Waals surface area contributed by atoms with E-state index in [1.807, 2.05) is 12.1 Å². The van der Waals surface area contributed by atoms with Crippen LogP contribution in [0.4, 0.5) is 11.6 Å². The first kappa shape index (κ1) is 26.7. The minimum absolute atomic E-state index is 0.0534. The Morgan fingerprint density at radius 2 is 1.92 bits per heavy atom. The van der Waals surface area contributed by atoms with Crippen molar-refractivity contribution < 1.29 is 4.74 Å². The second-order valence-electron chi connectivity index (χ2n) is 9.89. The lowest BCUT2D eigenvalue weighted by molar-refractivity contribution is 0.127. The maximum Gasteiger partial charge on any atom is 0.263 e. The highest BCUT2D eigenvalue weighted by molar-refractivity contribution is 14.1. The molecule has 0 unspecified atom stereocenters. The smallest absolute Gasteiger partial charge is 0.263 e. The minimum Gasteiger partial charge on any atom is -0.384 e. The van der Waals surface area contributed by atoms with Crippen molar-refractivity contribution in [2.24, 2.45) is 11.1 Å². The van der Waals surface area contributed by atoms with Crippen molar-refractivity contribution in [3.05, 3.63) is 70.1 Å². The molecule has 2 aliphatic heterocycles. The molecular weight excluding hydrogens is 651 g/mol. The van der Waals surface area contributed by atoms with E-state index >= 15 is 0 Å². The van der Waals surface area contributed by atoms with E-state index in [9.17, 15) is 4.79 Å². The van der Waals surface area contributed by atoms with E-state index in [1.54, 1.807) is 30.7 Å². The lowest BCUT2D eigenvalue weighted by atomic mass is 9.75. The first-order valence-electron chi connectivity index (χ1n) is 12.5. The van der Waals surface area contributed by atoms with Crippen molar-refractivity contribution in [3.8, 4) is 0 Å². The quantitative estimate of drug-likeness (QED) is 0.238. The van der Waals surface area contributed by atoms with Crippen molar-refractivity contribution in [1.29, 1.82) is 0 Å². The van der Waals surface area contributed by atoms with Crippen molar-refractivity contribution in [2.45, 2.75) is 39.5 Å². The third-order valence-electron chi connectivity index (χ3n) is 7.53. The monoisotopic (exact) mass is 676 g/mol. The summed E-state index contributed by atoms with van der Waals surface area (Å²) in [6.07, 6.45) is 8.63. The molecule has 0 radical (unpaired) electrons. The van der Waals surface area contributed by atoms with Gasteiger partial charge in [-0.15, -0.1) is 0 Å². The molecule has 13 heteroatoms. The fraction of sp³-hybridized carbons (Fsp3) is 0.346. The first-order chi connectivity index (χ1) is 18.8. The topological polar surface area (TPSA) is 138 Å². The number of rotatable bonds is 5. The van der Waals surface area contributed by atoms with Crippen molar-refractivity contribution in [3.63, 3.8) is 0 Å². The summed E-state index contributed by atoms with van der Waals surface area (Å²) in [6.45, 7) is 2.76. The molecule has 6 rings (SSSR count). The molecule has 0 saturated carbocycles. The second-order valence-corrected chi connectivity index (χ2v) is 12.6. The van der Waals surface area contributed by atoms with Gasteiger partial charge < -0.3 is 21.1 Å². The van der Waals surface area contributed by atoms with Gasteiger partial charge in [0.2, 0.25) is 0 Å². The van der Waals surface area contributed by atoms with E-state index in [2.05, 4.69) is 47.4 Å². The van der Waals surface area contributed by atoms with Crippen LogP contribution in [0.15, 0.2) is 63.9 Å². The average Bonchev–Trinajstić information content (AvgIpc) is 3.22. The molecule has 1 aromatic carbocycles. The molecular formula is C26H26ClIN8O2S. The summed E-state index contributed by atoms with van der Waals surface area (Å²) in [6, 6.07) is 7.23. The van der Waals surface area contributed by atoms with Crippen LogP contribution >= 0.6 is 46.0 Å². The number of benzene rings is 1. The molecule has 0 amide bonds. The van der Waals surface area contributed by atoms with Gasteiger partial charge in [0.1, 0.15) is 20.8 Å². The van der Waals surface area contributed by atoms with Gasteiger partial charge in [-0.05, 0) is 59.2 Å². The van der Waals surface area contributed by atoms with Gasteiger partial charge in [0.05, 0.1) is 47.8 Å². The fourth-order valence-corrected chi connectivity index (χ4v) is 7.19. The molecule has 202 valence electrons. The van der Waals surface area contributed by atoms with Crippen LogP contribution in [0.3, 0.4) is 0 Å². The zero-order chi connectivity index (χ0) is 27.1. The van der Waals surface area contributed by atoms with Crippen LogP contribution in [0, 0.1) is 5.41 Å². The minimum atomic E-state index is -0.227. The van der Waals surface area contributed by atoms with Gasteiger partial charge in [-0.1, -0.05) is 29.4 Å². The van der Waals surface area contributed by atoms with Crippen LogP contribution < -0.4 is 21.9 Å². The number of nitrogens with two attached hydrogens (primary N) is 2. The summed E-state index contributed by atoms with van der Waals surface area (Å²) < 4.78 is 7.41. The van der Waals surface area contributed by atoms with Crippen molar-refractivity contribution in [1.82, 2.24) is 24.5 Å². The number of pyridine rings is 1. The number of aromatic nitrogens is 5. The van der Waals surface area contributed by atoms with Gasteiger partial charge in [0.15, 0.2) is 0 Å². The molecule has 2 saturated heterocycles. The van der Waals surface area contributed by atoms with E-state index < -0.39 is 0 Å². The maximum absolute atomic E-state index is 13.3. The number of piperidine rings is 1. The molecule has 39 heavy (non-hydrogen) atoms. The predicted molar refractivity (Wildman–Crippen MR) is 161 cm³/mol. The van der Waals surface area contributed by atoms with Gasteiger partial charge in [-0.2, -0.15) is 0 Å². The molecule has 2 fully saturated rings. The van der Waals surface area contributed by atoms with E-state index in [0.717, 1.165) is 43.9 Å². The number of alkyl halides is 1. The fourth-order valence-electron chi connectivity index (χ4n) is 5.12. The molecule has 2 atom stereocenters. The zero-order valence-electron chi connectivity index (χ0n) is 20.8. The van der Waals surface area contributed by atoms with Gasteiger partial charge in [-0.25, -0.2) is 19.9 Å². The van der Waals surface area contributed by atoms with Crippen LogP contribution in [-0.2, 0) is 11.3 Å². The average molecular weight is 677 g/mol. The molecule has 4 aromatic rings. The molecule has 1 spiro atoms. The molecule has 2 aliphatic rings. The van der Waals surface area contributed by atoms with E-state index in [4.69, 9.17) is 27.8 Å². The van der Waals surface area contributed by atoms with Gasteiger partial charge >= 0.3 is 0 Å². The summed E-state index contributed by atoms with van der Waals surface area (Å²) in [5, 5.41) is 1.39. The summed E-state index contributed by atoms with van der Waals surface area (Å²) >= 11 is 10.4. The van der Waals surface area contributed by atoms with Crippen molar-refractivity contribution in [2.75, 3.05) is 30.3 Å². The van der Waals surface area contributed by atoms with E-state index in [-0.39, 0.29) is 21.1 Å². The largest absolute Gasteiger partial charge is 0.384 e. The third-order valence-corrected chi connectivity index (χ3v) is 10.1. The summed E-state index contributed by atoms with van der Waals surface area (Å²) in [5.41, 5.74) is 13.3. The van der Waals surface area contributed by atoms with E-state index in [0.29, 0.717) is 38.2 Å². The molecule has 3 aromatic heterocycles.